The number of hydrogen-bond acceptors (Lipinski definition) is 2. The standard InChI is InChI=1S/C17H21NO3/c1-11(12-6-7-12)18(14-8-9-14)16(19)10-13-4-2-3-5-15(13)17(20)21/h2-5,11-12,14H,6-10H2,1H3,(H,20,21). The van der Waals surface area contributed by atoms with Gasteiger partial charge in [0.05, 0.1) is 12.0 Å². The lowest BCUT2D eigenvalue weighted by Crippen LogP contribution is -2.42. The van der Waals surface area contributed by atoms with Gasteiger partial charge in [0.25, 0.3) is 0 Å². The monoisotopic (exact) mass is 287 g/mol. The molecule has 1 unspecified atom stereocenters. The fourth-order valence-electron chi connectivity index (χ4n) is 3.06. The molecule has 2 fully saturated rings. The van der Waals surface area contributed by atoms with Crippen LogP contribution in [0.4, 0.5) is 0 Å². The van der Waals surface area contributed by atoms with Gasteiger partial charge in [0.2, 0.25) is 5.91 Å². The number of amides is 1. The van der Waals surface area contributed by atoms with Crippen LogP contribution >= 0.6 is 0 Å². The summed E-state index contributed by atoms with van der Waals surface area (Å²) in [5, 5.41) is 9.22. The molecular formula is C17H21NO3. The molecule has 0 radical (unpaired) electrons. The predicted molar refractivity (Wildman–Crippen MR) is 79.2 cm³/mol. The largest absolute Gasteiger partial charge is 0.478 e. The minimum Gasteiger partial charge on any atom is -0.478 e. The maximum Gasteiger partial charge on any atom is 0.335 e. The average molecular weight is 287 g/mol. The minimum absolute atomic E-state index is 0.0746. The number of aromatic carboxylic acids is 1. The molecule has 0 spiro atoms. The smallest absolute Gasteiger partial charge is 0.335 e. The summed E-state index contributed by atoms with van der Waals surface area (Å²) < 4.78 is 0. The Morgan fingerprint density at radius 2 is 1.90 bits per heavy atom. The van der Waals surface area contributed by atoms with Crippen molar-refractivity contribution in [3.8, 4) is 0 Å². The molecule has 0 bridgehead atoms. The van der Waals surface area contributed by atoms with Gasteiger partial charge in [-0.25, -0.2) is 4.79 Å². The highest BCUT2D eigenvalue weighted by Gasteiger charge is 2.41. The molecule has 112 valence electrons. The van der Waals surface area contributed by atoms with Crippen LogP contribution in [0, 0.1) is 5.92 Å². The predicted octanol–water partition coefficient (Wildman–Crippen LogP) is 2.72. The Balaban J connectivity index is 1.76. The molecule has 1 aromatic rings. The molecule has 1 atom stereocenters. The molecule has 0 saturated heterocycles. The molecule has 2 aliphatic rings. The summed E-state index contributed by atoms with van der Waals surface area (Å²) in [7, 11) is 0. The van der Waals surface area contributed by atoms with Crippen LogP contribution in [0.3, 0.4) is 0 Å². The van der Waals surface area contributed by atoms with Crippen molar-refractivity contribution < 1.29 is 14.7 Å². The van der Waals surface area contributed by atoms with Gasteiger partial charge in [-0.05, 0) is 50.2 Å². The maximum atomic E-state index is 12.7. The van der Waals surface area contributed by atoms with E-state index in [1.807, 2.05) is 4.90 Å². The molecular weight excluding hydrogens is 266 g/mol. The first-order valence-corrected chi connectivity index (χ1v) is 7.70. The zero-order valence-corrected chi connectivity index (χ0v) is 12.3. The number of carboxylic acids is 1. The quantitative estimate of drug-likeness (QED) is 0.875. The molecule has 21 heavy (non-hydrogen) atoms. The lowest BCUT2D eigenvalue weighted by molar-refractivity contribution is -0.133. The van der Waals surface area contributed by atoms with E-state index in [0.717, 1.165) is 12.8 Å². The molecule has 1 aromatic carbocycles. The van der Waals surface area contributed by atoms with E-state index in [-0.39, 0.29) is 17.9 Å². The van der Waals surface area contributed by atoms with E-state index < -0.39 is 5.97 Å². The first-order chi connectivity index (χ1) is 10.1. The van der Waals surface area contributed by atoms with Gasteiger partial charge in [-0.2, -0.15) is 0 Å². The van der Waals surface area contributed by atoms with Crippen LogP contribution in [0.1, 0.15) is 48.5 Å². The Morgan fingerprint density at radius 3 is 2.48 bits per heavy atom. The Kier molecular flexibility index (Phi) is 3.70. The summed E-state index contributed by atoms with van der Waals surface area (Å²) in [6.07, 6.45) is 4.79. The van der Waals surface area contributed by atoms with E-state index in [1.54, 1.807) is 24.3 Å². The van der Waals surface area contributed by atoms with Gasteiger partial charge >= 0.3 is 5.97 Å². The van der Waals surface area contributed by atoms with E-state index in [2.05, 4.69) is 6.92 Å². The van der Waals surface area contributed by atoms with Gasteiger partial charge < -0.3 is 10.0 Å². The first kappa shape index (κ1) is 14.1. The van der Waals surface area contributed by atoms with Crippen LogP contribution in [0.5, 0.6) is 0 Å². The number of hydrogen-bond donors (Lipinski definition) is 1. The van der Waals surface area contributed by atoms with Crippen LogP contribution in [-0.2, 0) is 11.2 Å². The lowest BCUT2D eigenvalue weighted by atomic mass is 10.0. The highest BCUT2D eigenvalue weighted by molar-refractivity contribution is 5.91. The second kappa shape index (κ2) is 5.51. The fourth-order valence-corrected chi connectivity index (χ4v) is 3.06. The van der Waals surface area contributed by atoms with Gasteiger partial charge in [-0.1, -0.05) is 18.2 Å². The van der Waals surface area contributed by atoms with Crippen molar-refractivity contribution in [2.24, 2.45) is 5.92 Å². The fraction of sp³-hybridized carbons (Fsp3) is 0.529. The minimum atomic E-state index is -0.966. The Hall–Kier alpha value is -1.84. The number of rotatable bonds is 6. The Labute approximate surface area is 124 Å². The van der Waals surface area contributed by atoms with Gasteiger partial charge in [0.15, 0.2) is 0 Å². The lowest BCUT2D eigenvalue weighted by Gasteiger charge is -2.30. The van der Waals surface area contributed by atoms with Gasteiger partial charge in [0.1, 0.15) is 0 Å². The van der Waals surface area contributed by atoms with E-state index in [0.29, 0.717) is 23.6 Å². The Bertz CT molecular complexity index is 561. The number of benzene rings is 1. The summed E-state index contributed by atoms with van der Waals surface area (Å²) in [6.45, 7) is 2.14. The van der Waals surface area contributed by atoms with Crippen molar-refractivity contribution >= 4 is 11.9 Å². The van der Waals surface area contributed by atoms with Crippen LogP contribution in [0.15, 0.2) is 24.3 Å². The van der Waals surface area contributed by atoms with Crippen molar-refractivity contribution in [1.29, 1.82) is 0 Å². The number of carbonyl (C=O) groups is 2. The van der Waals surface area contributed by atoms with E-state index in [4.69, 9.17) is 0 Å². The maximum absolute atomic E-state index is 12.7. The Morgan fingerprint density at radius 1 is 1.24 bits per heavy atom. The summed E-state index contributed by atoms with van der Waals surface area (Å²) in [5.74, 6) is -0.249. The topological polar surface area (TPSA) is 57.6 Å². The van der Waals surface area contributed by atoms with Gasteiger partial charge in [0, 0.05) is 12.1 Å². The zero-order chi connectivity index (χ0) is 15.0. The SMILES string of the molecule is CC(C1CC1)N(C(=O)Cc1ccccc1C(=O)O)C1CC1. The van der Waals surface area contributed by atoms with E-state index >= 15 is 0 Å². The van der Waals surface area contributed by atoms with Gasteiger partial charge in [-0.3, -0.25) is 4.79 Å². The highest BCUT2D eigenvalue weighted by atomic mass is 16.4. The van der Waals surface area contributed by atoms with E-state index in [1.165, 1.54) is 12.8 Å². The molecule has 2 aliphatic carbocycles. The third-order valence-electron chi connectivity index (χ3n) is 4.56. The van der Waals surface area contributed by atoms with Crippen molar-refractivity contribution in [2.45, 2.75) is 51.1 Å². The summed E-state index contributed by atoms with van der Waals surface area (Å²) in [4.78, 5) is 25.9. The summed E-state index contributed by atoms with van der Waals surface area (Å²) in [5.41, 5.74) is 0.851. The highest BCUT2D eigenvalue weighted by Crippen LogP contribution is 2.40. The van der Waals surface area contributed by atoms with Crippen LogP contribution in [-0.4, -0.2) is 34.0 Å². The van der Waals surface area contributed by atoms with E-state index in [9.17, 15) is 14.7 Å². The molecule has 4 heteroatoms. The number of carbonyl (C=O) groups excluding carboxylic acids is 1. The first-order valence-electron chi connectivity index (χ1n) is 7.70. The van der Waals surface area contributed by atoms with Crippen molar-refractivity contribution in [2.75, 3.05) is 0 Å². The molecule has 0 aromatic heterocycles. The number of nitrogens with zero attached hydrogens (tertiary/aromatic N) is 1. The molecule has 1 N–H and O–H groups in total. The summed E-state index contributed by atoms with van der Waals surface area (Å²) in [6, 6.07) is 7.47. The average Bonchev–Trinajstić information content (AvgIpc) is 3.31. The van der Waals surface area contributed by atoms with Gasteiger partial charge in [-0.15, -0.1) is 0 Å². The molecule has 3 rings (SSSR count). The molecule has 2 saturated carbocycles. The normalized spacial score (nSPS) is 19.1. The van der Waals surface area contributed by atoms with Crippen LogP contribution < -0.4 is 0 Å². The third kappa shape index (κ3) is 3.09. The van der Waals surface area contributed by atoms with Crippen LogP contribution in [0.25, 0.3) is 0 Å². The van der Waals surface area contributed by atoms with Crippen molar-refractivity contribution in [3.05, 3.63) is 35.4 Å². The molecule has 1 amide bonds. The summed E-state index contributed by atoms with van der Waals surface area (Å²) >= 11 is 0. The second-order valence-corrected chi connectivity index (χ2v) is 6.25. The van der Waals surface area contributed by atoms with Crippen molar-refractivity contribution in [3.63, 3.8) is 0 Å². The second-order valence-electron chi connectivity index (χ2n) is 6.25. The molecule has 4 nitrogen and oxygen atoms in total. The van der Waals surface area contributed by atoms with Crippen LogP contribution in [0.2, 0.25) is 0 Å². The number of carboxylic acid groups (broad SMARTS) is 1. The van der Waals surface area contributed by atoms with Crippen molar-refractivity contribution in [1.82, 2.24) is 4.90 Å². The zero-order valence-electron chi connectivity index (χ0n) is 12.3. The molecule has 0 heterocycles. The third-order valence-corrected chi connectivity index (χ3v) is 4.56. The molecule has 0 aliphatic heterocycles.